The largest absolute Gasteiger partial charge is 0.501 e. The highest BCUT2D eigenvalue weighted by atomic mass is 35.5. The third kappa shape index (κ3) is 9.38. The zero-order valence-corrected chi connectivity index (χ0v) is 14.0. The maximum Gasteiger partial charge on any atom is 0.0924 e. The number of methoxy groups -OCH3 is 1. The Morgan fingerprint density at radius 2 is 1.74 bits per heavy atom. The average molecular weight is 283 g/mol. The predicted molar refractivity (Wildman–Crippen MR) is 88.7 cm³/mol. The van der Waals surface area contributed by atoms with Gasteiger partial charge in [0.15, 0.2) is 0 Å². The number of benzene rings is 1. The van der Waals surface area contributed by atoms with Gasteiger partial charge in [-0.25, -0.2) is 0 Å². The van der Waals surface area contributed by atoms with Crippen LogP contribution in [0.25, 0.3) is 6.08 Å². The zero-order valence-electron chi connectivity index (χ0n) is 13.3. The van der Waals surface area contributed by atoms with Crippen LogP contribution in [0.2, 0.25) is 5.02 Å². The summed E-state index contributed by atoms with van der Waals surface area (Å²) in [7, 11) is 1.66. The first-order chi connectivity index (χ1) is 9.13. The van der Waals surface area contributed by atoms with Crippen molar-refractivity contribution in [2.45, 2.75) is 41.5 Å². The zero-order chi connectivity index (χ0) is 15.3. The normalized spacial score (nSPS) is 10.2. The van der Waals surface area contributed by atoms with E-state index in [4.69, 9.17) is 16.3 Å². The number of halogens is 1. The SMILES string of the molecule is CC.CC.CO/C(C)=C\C=C\c1ccc(C)c(Cl)c1. The minimum absolute atomic E-state index is 0.796. The van der Waals surface area contributed by atoms with Crippen LogP contribution in [0.1, 0.15) is 45.7 Å². The number of ether oxygens (including phenoxy) is 1. The molecule has 19 heavy (non-hydrogen) atoms. The molecule has 0 saturated carbocycles. The first-order valence-corrected chi connectivity index (χ1v) is 7.16. The summed E-state index contributed by atoms with van der Waals surface area (Å²) in [6.45, 7) is 11.9. The maximum absolute atomic E-state index is 6.01. The fourth-order valence-electron chi connectivity index (χ4n) is 1.08. The summed E-state index contributed by atoms with van der Waals surface area (Å²) in [6, 6.07) is 5.99. The molecular formula is C17H27ClO. The molecule has 0 N–H and O–H groups in total. The van der Waals surface area contributed by atoms with Crippen molar-refractivity contribution >= 4 is 17.7 Å². The predicted octanol–water partition coefficient (Wildman–Crippen LogP) is 6.26. The molecule has 0 spiro atoms. The molecule has 0 saturated heterocycles. The lowest BCUT2D eigenvalue weighted by Crippen LogP contribution is -1.78. The van der Waals surface area contributed by atoms with E-state index in [1.807, 2.05) is 78.0 Å². The first kappa shape index (κ1) is 20.1. The van der Waals surface area contributed by atoms with Gasteiger partial charge in [-0.15, -0.1) is 0 Å². The second-order valence-electron chi connectivity index (χ2n) is 3.35. The molecule has 0 aliphatic heterocycles. The highest BCUT2D eigenvalue weighted by Gasteiger charge is 1.93. The second-order valence-corrected chi connectivity index (χ2v) is 3.76. The Kier molecular flexibility index (Phi) is 14.0. The highest BCUT2D eigenvalue weighted by molar-refractivity contribution is 6.31. The van der Waals surface area contributed by atoms with Crippen LogP contribution >= 0.6 is 11.6 Å². The molecule has 0 heterocycles. The van der Waals surface area contributed by atoms with Crippen molar-refractivity contribution in [3.05, 3.63) is 52.3 Å². The smallest absolute Gasteiger partial charge is 0.0924 e. The van der Waals surface area contributed by atoms with Gasteiger partial charge in [-0.3, -0.25) is 0 Å². The quantitative estimate of drug-likeness (QED) is 0.469. The summed E-state index contributed by atoms with van der Waals surface area (Å²) >= 11 is 6.01. The third-order valence-corrected chi connectivity index (χ3v) is 2.54. The summed E-state index contributed by atoms with van der Waals surface area (Å²) in [5.41, 5.74) is 2.18. The van der Waals surface area contributed by atoms with E-state index in [0.717, 1.165) is 21.9 Å². The molecule has 0 radical (unpaired) electrons. The molecule has 108 valence electrons. The maximum atomic E-state index is 6.01. The van der Waals surface area contributed by atoms with Crippen LogP contribution in [-0.2, 0) is 4.74 Å². The molecule has 1 aromatic carbocycles. The van der Waals surface area contributed by atoms with Crippen molar-refractivity contribution in [2.24, 2.45) is 0 Å². The van der Waals surface area contributed by atoms with Gasteiger partial charge in [0, 0.05) is 5.02 Å². The van der Waals surface area contributed by atoms with Gasteiger partial charge in [-0.05, 0) is 37.1 Å². The minimum Gasteiger partial charge on any atom is -0.501 e. The van der Waals surface area contributed by atoms with Gasteiger partial charge >= 0.3 is 0 Å². The van der Waals surface area contributed by atoms with Crippen molar-refractivity contribution in [1.29, 1.82) is 0 Å². The van der Waals surface area contributed by atoms with Gasteiger partial charge < -0.3 is 4.74 Å². The molecule has 0 aromatic heterocycles. The Morgan fingerprint density at radius 3 is 2.21 bits per heavy atom. The van der Waals surface area contributed by atoms with Gasteiger partial charge in [0.25, 0.3) is 0 Å². The topological polar surface area (TPSA) is 9.23 Å². The number of aryl methyl sites for hydroxylation is 1. The summed E-state index contributed by atoms with van der Waals surface area (Å²) < 4.78 is 5.01. The number of hydrogen-bond donors (Lipinski definition) is 0. The second kappa shape index (κ2) is 13.2. The fourth-order valence-corrected chi connectivity index (χ4v) is 1.26. The summed E-state index contributed by atoms with van der Waals surface area (Å²) in [6.07, 6.45) is 5.85. The van der Waals surface area contributed by atoms with Crippen LogP contribution in [-0.4, -0.2) is 7.11 Å². The number of allylic oxidation sites excluding steroid dienone is 3. The molecule has 1 aromatic rings. The van der Waals surface area contributed by atoms with Gasteiger partial charge in [-0.1, -0.05) is 63.6 Å². The van der Waals surface area contributed by atoms with E-state index >= 15 is 0 Å². The lowest BCUT2D eigenvalue weighted by atomic mass is 10.1. The van der Waals surface area contributed by atoms with E-state index in [9.17, 15) is 0 Å². The van der Waals surface area contributed by atoms with Crippen molar-refractivity contribution < 1.29 is 4.74 Å². The minimum atomic E-state index is 0.796. The number of hydrogen-bond acceptors (Lipinski definition) is 1. The van der Waals surface area contributed by atoms with Crippen molar-refractivity contribution in [3.63, 3.8) is 0 Å². The Morgan fingerprint density at radius 1 is 1.16 bits per heavy atom. The van der Waals surface area contributed by atoms with E-state index in [1.165, 1.54) is 0 Å². The molecular weight excluding hydrogens is 256 g/mol. The van der Waals surface area contributed by atoms with Gasteiger partial charge in [0.05, 0.1) is 12.9 Å². The molecule has 0 atom stereocenters. The van der Waals surface area contributed by atoms with E-state index in [-0.39, 0.29) is 0 Å². The molecule has 1 rings (SSSR count). The average Bonchev–Trinajstić information content (AvgIpc) is 2.47. The standard InChI is InChI=1S/C13H15ClO.2C2H6/c1-10-7-8-12(9-13(10)14)6-4-5-11(2)15-3;2*1-2/h4-9H,1-3H3;2*1-2H3/b6-4+,11-5-;;. The molecule has 0 fully saturated rings. The Balaban J connectivity index is 0. The monoisotopic (exact) mass is 282 g/mol. The van der Waals surface area contributed by atoms with E-state index < -0.39 is 0 Å². The number of rotatable bonds is 3. The highest BCUT2D eigenvalue weighted by Crippen LogP contribution is 2.17. The lowest BCUT2D eigenvalue weighted by Gasteiger charge is -1.98. The summed E-state index contributed by atoms with van der Waals surface area (Å²) in [4.78, 5) is 0. The summed E-state index contributed by atoms with van der Waals surface area (Å²) in [5.74, 6) is 0.879. The lowest BCUT2D eigenvalue weighted by molar-refractivity contribution is 0.294. The van der Waals surface area contributed by atoms with Gasteiger partial charge in [0.2, 0.25) is 0 Å². The Labute approximate surface area is 123 Å². The third-order valence-electron chi connectivity index (χ3n) is 2.14. The molecule has 1 nitrogen and oxygen atoms in total. The van der Waals surface area contributed by atoms with Crippen LogP contribution in [0, 0.1) is 6.92 Å². The van der Waals surface area contributed by atoms with E-state index in [0.29, 0.717) is 0 Å². The molecule has 0 amide bonds. The molecule has 0 aliphatic rings. The first-order valence-electron chi connectivity index (χ1n) is 6.78. The summed E-state index contributed by atoms with van der Waals surface area (Å²) in [5, 5.41) is 0.796. The molecule has 0 aliphatic carbocycles. The van der Waals surface area contributed by atoms with Crippen LogP contribution in [0.15, 0.2) is 36.1 Å². The molecule has 0 bridgehead atoms. The van der Waals surface area contributed by atoms with Crippen LogP contribution in [0.4, 0.5) is 0 Å². The van der Waals surface area contributed by atoms with Crippen molar-refractivity contribution in [2.75, 3.05) is 7.11 Å². The van der Waals surface area contributed by atoms with E-state index in [1.54, 1.807) is 7.11 Å². The van der Waals surface area contributed by atoms with Crippen LogP contribution in [0.5, 0.6) is 0 Å². The molecule has 0 unspecified atom stereocenters. The van der Waals surface area contributed by atoms with E-state index in [2.05, 4.69) is 0 Å². The van der Waals surface area contributed by atoms with Crippen LogP contribution in [0.3, 0.4) is 0 Å². The van der Waals surface area contributed by atoms with Gasteiger partial charge in [-0.2, -0.15) is 0 Å². The van der Waals surface area contributed by atoms with Crippen molar-refractivity contribution in [1.82, 2.24) is 0 Å². The Hall–Kier alpha value is -1.21. The molecule has 2 heteroatoms. The van der Waals surface area contributed by atoms with Crippen LogP contribution < -0.4 is 0 Å². The van der Waals surface area contributed by atoms with Gasteiger partial charge in [0.1, 0.15) is 0 Å². The Bertz CT molecular complexity index is 392. The fraction of sp³-hybridized carbons (Fsp3) is 0.412. The van der Waals surface area contributed by atoms with Crippen molar-refractivity contribution in [3.8, 4) is 0 Å².